The first kappa shape index (κ1) is 21.0. The van der Waals surface area contributed by atoms with E-state index in [1.165, 1.54) is 45.2 Å². The van der Waals surface area contributed by atoms with E-state index in [9.17, 15) is 0 Å². The molecule has 0 aromatic heterocycles. The highest BCUT2D eigenvalue weighted by atomic mass is 127. The van der Waals surface area contributed by atoms with E-state index in [0.29, 0.717) is 0 Å². The van der Waals surface area contributed by atoms with Crippen molar-refractivity contribution in [2.75, 3.05) is 46.8 Å². The molecule has 0 amide bonds. The molecule has 1 saturated carbocycles. The number of nitrogens with zero attached hydrogens (tertiary/aromatic N) is 3. The molecule has 2 fully saturated rings. The molecule has 0 radical (unpaired) electrons. The number of likely N-dealkylation sites (tertiary alicyclic amines) is 1. The minimum Gasteiger partial charge on any atom is -0.357 e. The van der Waals surface area contributed by atoms with Gasteiger partial charge in [0, 0.05) is 33.2 Å². The third kappa shape index (κ3) is 7.16. The van der Waals surface area contributed by atoms with Crippen molar-refractivity contribution in [1.82, 2.24) is 15.1 Å². The van der Waals surface area contributed by atoms with Crippen LogP contribution in [0.25, 0.3) is 0 Å². The molecule has 23 heavy (non-hydrogen) atoms. The van der Waals surface area contributed by atoms with Gasteiger partial charge in [-0.2, -0.15) is 0 Å². The molecule has 1 saturated heterocycles. The maximum absolute atomic E-state index is 4.92. The van der Waals surface area contributed by atoms with Crippen molar-refractivity contribution >= 4 is 29.9 Å². The van der Waals surface area contributed by atoms with Gasteiger partial charge in [-0.05, 0) is 57.5 Å². The van der Waals surface area contributed by atoms with E-state index >= 15 is 0 Å². The summed E-state index contributed by atoms with van der Waals surface area (Å²) in [7, 11) is 4.42. The number of aliphatic imine (C=N–C) groups is 1. The van der Waals surface area contributed by atoms with Crippen LogP contribution in [0.1, 0.15) is 46.0 Å². The summed E-state index contributed by atoms with van der Waals surface area (Å²) >= 11 is 0. The molecular formula is C18H37IN4. The second kappa shape index (κ2) is 10.7. The Morgan fingerprint density at radius 2 is 1.87 bits per heavy atom. The smallest absolute Gasteiger partial charge is 0.193 e. The lowest BCUT2D eigenvalue weighted by atomic mass is 9.83. The summed E-state index contributed by atoms with van der Waals surface area (Å²) in [5, 5.41) is 3.48. The number of nitrogens with one attached hydrogen (secondary N) is 1. The van der Waals surface area contributed by atoms with Gasteiger partial charge in [-0.3, -0.25) is 4.99 Å². The SMILES string of the molecule is CCNC(=NCC1CCN(C)C1)N(C)CC1CCC(C)CC1.I. The van der Waals surface area contributed by atoms with Crippen molar-refractivity contribution in [3.8, 4) is 0 Å². The van der Waals surface area contributed by atoms with Gasteiger partial charge < -0.3 is 15.1 Å². The molecule has 2 rings (SSSR count). The first-order chi connectivity index (χ1) is 10.6. The highest BCUT2D eigenvalue weighted by Crippen LogP contribution is 2.28. The molecule has 1 N–H and O–H groups in total. The van der Waals surface area contributed by atoms with Crippen LogP contribution in [0.2, 0.25) is 0 Å². The number of halogens is 1. The molecule has 1 heterocycles. The zero-order chi connectivity index (χ0) is 15.9. The van der Waals surface area contributed by atoms with Crippen LogP contribution in [-0.4, -0.2) is 62.6 Å². The van der Waals surface area contributed by atoms with Gasteiger partial charge >= 0.3 is 0 Å². The van der Waals surface area contributed by atoms with E-state index in [1.54, 1.807) is 0 Å². The lowest BCUT2D eigenvalue weighted by Crippen LogP contribution is -2.42. The second-order valence-corrected chi connectivity index (χ2v) is 7.62. The van der Waals surface area contributed by atoms with Crippen LogP contribution in [0, 0.1) is 17.8 Å². The lowest BCUT2D eigenvalue weighted by Gasteiger charge is -2.31. The molecule has 1 unspecified atom stereocenters. The monoisotopic (exact) mass is 436 g/mol. The zero-order valence-electron chi connectivity index (χ0n) is 15.6. The molecule has 2 aliphatic rings. The van der Waals surface area contributed by atoms with Crippen LogP contribution in [0.4, 0.5) is 0 Å². The topological polar surface area (TPSA) is 30.9 Å². The molecule has 0 aromatic carbocycles. The van der Waals surface area contributed by atoms with Crippen LogP contribution in [0.5, 0.6) is 0 Å². The van der Waals surface area contributed by atoms with Crippen LogP contribution in [-0.2, 0) is 0 Å². The summed E-state index contributed by atoms with van der Waals surface area (Å²) < 4.78 is 0. The van der Waals surface area contributed by atoms with Gasteiger partial charge in [-0.1, -0.05) is 19.8 Å². The van der Waals surface area contributed by atoms with Gasteiger partial charge in [0.05, 0.1) is 0 Å². The lowest BCUT2D eigenvalue weighted by molar-refractivity contribution is 0.250. The summed E-state index contributed by atoms with van der Waals surface area (Å²) in [6, 6.07) is 0. The Morgan fingerprint density at radius 1 is 1.17 bits per heavy atom. The quantitative estimate of drug-likeness (QED) is 0.408. The molecule has 5 heteroatoms. The summed E-state index contributed by atoms with van der Waals surface area (Å²) in [4.78, 5) is 9.70. The fourth-order valence-electron chi connectivity index (χ4n) is 3.85. The van der Waals surface area contributed by atoms with Crippen molar-refractivity contribution in [3.05, 3.63) is 0 Å². The Morgan fingerprint density at radius 3 is 2.43 bits per heavy atom. The summed E-state index contributed by atoms with van der Waals surface area (Å²) in [6.45, 7) is 10.1. The van der Waals surface area contributed by atoms with Crippen LogP contribution in [0.3, 0.4) is 0 Å². The molecule has 1 aliphatic carbocycles. The molecular weight excluding hydrogens is 399 g/mol. The standard InChI is InChI=1S/C18H36N4.HI/c1-5-19-18(20-12-17-10-11-21(3)13-17)22(4)14-16-8-6-15(2)7-9-16;/h15-17H,5-14H2,1-4H3,(H,19,20);1H. The van der Waals surface area contributed by atoms with Crippen molar-refractivity contribution in [2.45, 2.75) is 46.0 Å². The maximum Gasteiger partial charge on any atom is 0.193 e. The maximum atomic E-state index is 4.92. The van der Waals surface area contributed by atoms with Crippen molar-refractivity contribution in [2.24, 2.45) is 22.7 Å². The van der Waals surface area contributed by atoms with Crippen molar-refractivity contribution in [3.63, 3.8) is 0 Å². The Balaban J connectivity index is 0.00000264. The fraction of sp³-hybridized carbons (Fsp3) is 0.944. The minimum absolute atomic E-state index is 0. The molecule has 0 spiro atoms. The number of hydrogen-bond donors (Lipinski definition) is 1. The van der Waals surface area contributed by atoms with E-state index in [-0.39, 0.29) is 24.0 Å². The summed E-state index contributed by atoms with van der Waals surface area (Å²) in [5.74, 6) is 3.63. The molecule has 136 valence electrons. The second-order valence-electron chi connectivity index (χ2n) is 7.62. The van der Waals surface area contributed by atoms with E-state index < -0.39 is 0 Å². The molecule has 0 bridgehead atoms. The van der Waals surface area contributed by atoms with Crippen LogP contribution >= 0.6 is 24.0 Å². The Bertz CT molecular complexity index is 353. The zero-order valence-corrected chi connectivity index (χ0v) is 17.9. The van der Waals surface area contributed by atoms with Gasteiger partial charge in [0.2, 0.25) is 0 Å². The predicted octanol–water partition coefficient (Wildman–Crippen LogP) is 3.28. The van der Waals surface area contributed by atoms with Gasteiger partial charge in [-0.25, -0.2) is 0 Å². The minimum atomic E-state index is 0. The van der Waals surface area contributed by atoms with Crippen molar-refractivity contribution in [1.29, 1.82) is 0 Å². The third-order valence-corrected chi connectivity index (χ3v) is 5.35. The van der Waals surface area contributed by atoms with Crippen LogP contribution in [0.15, 0.2) is 4.99 Å². The molecule has 1 atom stereocenters. The Hall–Kier alpha value is -0.0400. The van der Waals surface area contributed by atoms with E-state index in [2.05, 4.69) is 43.1 Å². The third-order valence-electron chi connectivity index (χ3n) is 5.35. The Kier molecular flexibility index (Phi) is 9.82. The number of rotatable bonds is 5. The normalized spacial score (nSPS) is 29.2. The molecule has 0 aromatic rings. The van der Waals surface area contributed by atoms with Gasteiger partial charge in [0.25, 0.3) is 0 Å². The highest BCUT2D eigenvalue weighted by molar-refractivity contribution is 14.0. The molecule has 4 nitrogen and oxygen atoms in total. The predicted molar refractivity (Wildman–Crippen MR) is 111 cm³/mol. The summed E-state index contributed by atoms with van der Waals surface area (Å²) in [6.07, 6.45) is 6.88. The van der Waals surface area contributed by atoms with Gasteiger partial charge in [0.15, 0.2) is 5.96 Å². The first-order valence-corrected chi connectivity index (χ1v) is 9.26. The average molecular weight is 436 g/mol. The fourth-order valence-corrected chi connectivity index (χ4v) is 3.85. The summed E-state index contributed by atoms with van der Waals surface area (Å²) in [5.41, 5.74) is 0. The van der Waals surface area contributed by atoms with E-state index in [0.717, 1.165) is 43.3 Å². The van der Waals surface area contributed by atoms with Crippen LogP contribution < -0.4 is 5.32 Å². The largest absolute Gasteiger partial charge is 0.357 e. The van der Waals surface area contributed by atoms with Gasteiger partial charge in [0.1, 0.15) is 0 Å². The van der Waals surface area contributed by atoms with E-state index in [4.69, 9.17) is 4.99 Å². The number of hydrogen-bond acceptors (Lipinski definition) is 2. The highest BCUT2D eigenvalue weighted by Gasteiger charge is 2.22. The number of guanidine groups is 1. The first-order valence-electron chi connectivity index (χ1n) is 9.26. The van der Waals surface area contributed by atoms with Gasteiger partial charge in [-0.15, -0.1) is 24.0 Å². The molecule has 1 aliphatic heterocycles. The Labute approximate surface area is 160 Å². The van der Waals surface area contributed by atoms with Crippen molar-refractivity contribution < 1.29 is 0 Å². The van der Waals surface area contributed by atoms with E-state index in [1.807, 2.05) is 0 Å². The average Bonchev–Trinajstić information content (AvgIpc) is 2.91.